The number of rotatable bonds is 3. The fraction of sp³-hybridized carbons (Fsp3) is 0.250. The Bertz CT molecular complexity index is 539. The molecule has 0 saturated heterocycles. The van der Waals surface area contributed by atoms with Crippen molar-refractivity contribution in [3.05, 3.63) is 24.3 Å². The number of aliphatic imine (C=N–C) groups is 1. The van der Waals surface area contributed by atoms with Crippen molar-refractivity contribution in [2.45, 2.75) is 5.25 Å². The predicted molar refractivity (Wildman–Crippen MR) is 85.0 cm³/mol. The van der Waals surface area contributed by atoms with Crippen LogP contribution in [-0.4, -0.2) is 35.4 Å². The Labute approximate surface area is 121 Å². The molecule has 1 aromatic rings. The van der Waals surface area contributed by atoms with Crippen molar-refractivity contribution >= 4 is 51.4 Å². The maximum atomic E-state index is 12.0. The van der Waals surface area contributed by atoms with Crippen molar-refractivity contribution in [3.63, 3.8) is 0 Å². The minimum absolute atomic E-state index is 0.205. The topological polar surface area (TPSA) is 70.7 Å². The maximum Gasteiger partial charge on any atom is 0.245 e. The molecule has 2 rings (SSSR count). The Morgan fingerprint density at radius 1 is 1.42 bits per heavy atom. The molecular weight excluding hydrogens is 280 g/mol. The summed E-state index contributed by atoms with van der Waals surface area (Å²) < 4.78 is 0.403. The van der Waals surface area contributed by atoms with E-state index in [4.69, 9.17) is 18.0 Å². The van der Waals surface area contributed by atoms with Gasteiger partial charge in [-0.3, -0.25) is 4.79 Å². The van der Waals surface area contributed by atoms with Gasteiger partial charge in [0, 0.05) is 25.5 Å². The molecule has 0 radical (unpaired) electrons. The second-order valence-corrected chi connectivity index (χ2v) is 5.97. The number of nitrogens with zero attached hydrogens (tertiary/aromatic N) is 2. The monoisotopic (exact) mass is 294 g/mol. The standard InChI is InChI=1S/C12H14N4OS2/c1-16(2)8-5-3-7(4-6-8)14-11(17)9-10(13)15-12(18)19-9/h3-6,9H,1-2H3,(H,14,17)(H2,13,15,18). The Kier molecular flexibility index (Phi) is 4.06. The minimum Gasteiger partial charge on any atom is -0.386 e. The van der Waals surface area contributed by atoms with Gasteiger partial charge >= 0.3 is 0 Å². The van der Waals surface area contributed by atoms with Gasteiger partial charge < -0.3 is 16.0 Å². The Morgan fingerprint density at radius 2 is 2.05 bits per heavy atom. The van der Waals surface area contributed by atoms with Gasteiger partial charge in [-0.1, -0.05) is 24.0 Å². The van der Waals surface area contributed by atoms with Crippen LogP contribution in [0.4, 0.5) is 11.4 Å². The normalized spacial score (nSPS) is 18.1. The third kappa shape index (κ3) is 3.24. The zero-order valence-corrected chi connectivity index (χ0v) is 12.2. The fourth-order valence-corrected chi connectivity index (χ4v) is 2.68. The van der Waals surface area contributed by atoms with Crippen LogP contribution in [0.1, 0.15) is 0 Å². The fourth-order valence-electron chi connectivity index (χ4n) is 1.59. The molecular formula is C12H14N4OS2. The van der Waals surface area contributed by atoms with E-state index in [0.29, 0.717) is 4.32 Å². The second-order valence-electron chi connectivity index (χ2n) is 4.23. The first-order valence-electron chi connectivity index (χ1n) is 5.60. The van der Waals surface area contributed by atoms with Crippen molar-refractivity contribution < 1.29 is 4.79 Å². The summed E-state index contributed by atoms with van der Waals surface area (Å²) in [6.45, 7) is 0. The van der Waals surface area contributed by atoms with Gasteiger partial charge in [0.2, 0.25) is 5.91 Å². The van der Waals surface area contributed by atoms with Gasteiger partial charge in [-0.25, -0.2) is 4.99 Å². The molecule has 7 heteroatoms. The van der Waals surface area contributed by atoms with Gasteiger partial charge in [-0.05, 0) is 24.3 Å². The molecule has 19 heavy (non-hydrogen) atoms. The van der Waals surface area contributed by atoms with Gasteiger partial charge in [-0.2, -0.15) is 0 Å². The van der Waals surface area contributed by atoms with Crippen molar-refractivity contribution in [2.75, 3.05) is 24.3 Å². The van der Waals surface area contributed by atoms with Crippen LogP contribution >= 0.6 is 24.0 Å². The number of thiocarbonyl (C=S) groups is 1. The first-order chi connectivity index (χ1) is 8.97. The largest absolute Gasteiger partial charge is 0.386 e. The summed E-state index contributed by atoms with van der Waals surface area (Å²) in [5.41, 5.74) is 7.45. The number of anilines is 2. The highest BCUT2D eigenvalue weighted by Crippen LogP contribution is 2.23. The lowest BCUT2D eigenvalue weighted by atomic mass is 10.2. The van der Waals surface area contributed by atoms with E-state index in [9.17, 15) is 4.79 Å². The first kappa shape index (κ1) is 13.8. The van der Waals surface area contributed by atoms with Gasteiger partial charge in [0.25, 0.3) is 0 Å². The highest BCUT2D eigenvalue weighted by atomic mass is 32.2. The molecule has 1 heterocycles. The molecule has 1 aromatic carbocycles. The van der Waals surface area contributed by atoms with E-state index in [-0.39, 0.29) is 11.7 Å². The molecule has 0 fully saturated rings. The summed E-state index contributed by atoms with van der Waals surface area (Å²) in [7, 11) is 3.92. The maximum absolute atomic E-state index is 12.0. The summed E-state index contributed by atoms with van der Waals surface area (Å²) in [5.74, 6) is 0.0566. The molecule has 1 aliphatic rings. The van der Waals surface area contributed by atoms with Crippen LogP contribution in [0.15, 0.2) is 29.3 Å². The molecule has 1 unspecified atom stereocenters. The lowest BCUT2D eigenvalue weighted by Gasteiger charge is -2.14. The number of thioether (sulfide) groups is 1. The van der Waals surface area contributed by atoms with Crippen LogP contribution in [0.5, 0.6) is 0 Å². The summed E-state index contributed by atoms with van der Waals surface area (Å²) in [5, 5.41) is 2.28. The van der Waals surface area contributed by atoms with Crippen molar-refractivity contribution in [1.29, 1.82) is 0 Å². The Balaban J connectivity index is 2.03. The average Bonchev–Trinajstić information content (AvgIpc) is 2.69. The molecule has 0 aromatic heterocycles. The summed E-state index contributed by atoms with van der Waals surface area (Å²) in [6.07, 6.45) is 0. The number of nitrogens with two attached hydrogens (primary N) is 1. The van der Waals surface area contributed by atoms with Crippen LogP contribution in [0.3, 0.4) is 0 Å². The van der Waals surface area contributed by atoms with Gasteiger partial charge in [0.1, 0.15) is 11.1 Å². The smallest absolute Gasteiger partial charge is 0.245 e. The second kappa shape index (κ2) is 5.58. The van der Waals surface area contributed by atoms with E-state index in [1.807, 2.05) is 43.3 Å². The highest BCUT2D eigenvalue weighted by molar-refractivity contribution is 8.24. The van der Waals surface area contributed by atoms with Crippen LogP contribution in [0.2, 0.25) is 0 Å². The third-order valence-corrected chi connectivity index (χ3v) is 3.96. The van der Waals surface area contributed by atoms with Gasteiger partial charge in [0.15, 0.2) is 4.32 Å². The number of nitrogens with one attached hydrogen (secondary N) is 1. The van der Waals surface area contributed by atoms with E-state index in [0.717, 1.165) is 11.4 Å². The van der Waals surface area contributed by atoms with Crippen molar-refractivity contribution in [1.82, 2.24) is 0 Å². The molecule has 1 amide bonds. The minimum atomic E-state index is -0.527. The highest BCUT2D eigenvalue weighted by Gasteiger charge is 2.30. The zero-order chi connectivity index (χ0) is 14.0. The van der Waals surface area contributed by atoms with E-state index in [1.54, 1.807) is 0 Å². The van der Waals surface area contributed by atoms with E-state index >= 15 is 0 Å². The number of amidine groups is 1. The van der Waals surface area contributed by atoms with E-state index < -0.39 is 5.25 Å². The Hall–Kier alpha value is -1.60. The molecule has 1 atom stereocenters. The molecule has 5 nitrogen and oxygen atoms in total. The summed E-state index contributed by atoms with van der Waals surface area (Å²) in [4.78, 5) is 17.9. The number of carbonyl (C=O) groups excluding carboxylic acids is 1. The zero-order valence-electron chi connectivity index (χ0n) is 10.6. The SMILES string of the molecule is CN(C)c1ccc(NC(=O)C2SC(=S)N=C2N)cc1. The lowest BCUT2D eigenvalue weighted by molar-refractivity contribution is -0.114. The summed E-state index contributed by atoms with van der Waals surface area (Å²) in [6, 6.07) is 7.55. The molecule has 1 aliphatic heterocycles. The average molecular weight is 294 g/mol. The number of carbonyl (C=O) groups is 1. The number of benzene rings is 1. The molecule has 0 bridgehead atoms. The molecule has 100 valence electrons. The van der Waals surface area contributed by atoms with Crippen LogP contribution in [0, 0.1) is 0 Å². The first-order valence-corrected chi connectivity index (χ1v) is 6.89. The van der Waals surface area contributed by atoms with E-state index in [2.05, 4.69) is 10.3 Å². The van der Waals surface area contributed by atoms with Gasteiger partial charge in [-0.15, -0.1) is 0 Å². The number of amides is 1. The lowest BCUT2D eigenvalue weighted by Crippen LogP contribution is -2.34. The van der Waals surface area contributed by atoms with Crippen molar-refractivity contribution in [3.8, 4) is 0 Å². The molecule has 0 aliphatic carbocycles. The predicted octanol–water partition coefficient (Wildman–Crippen LogP) is 1.45. The van der Waals surface area contributed by atoms with E-state index in [1.165, 1.54) is 11.8 Å². The summed E-state index contributed by atoms with van der Waals surface area (Å²) >= 11 is 6.10. The van der Waals surface area contributed by atoms with Crippen LogP contribution in [0.25, 0.3) is 0 Å². The number of hydrogen-bond donors (Lipinski definition) is 2. The quantitative estimate of drug-likeness (QED) is 0.826. The molecule has 0 saturated carbocycles. The third-order valence-electron chi connectivity index (χ3n) is 2.60. The van der Waals surface area contributed by atoms with Crippen LogP contribution in [-0.2, 0) is 4.79 Å². The van der Waals surface area contributed by atoms with Gasteiger partial charge in [0.05, 0.1) is 0 Å². The number of hydrogen-bond acceptors (Lipinski definition) is 5. The molecule has 3 N–H and O–H groups in total. The van der Waals surface area contributed by atoms with Crippen molar-refractivity contribution in [2.24, 2.45) is 10.7 Å². The van der Waals surface area contributed by atoms with Crippen LogP contribution < -0.4 is 16.0 Å². The Morgan fingerprint density at radius 3 is 2.53 bits per heavy atom. The molecule has 0 spiro atoms.